The smallest absolute Gasteiger partial charge is 0.371 e. The fraction of sp³-hybridized carbons (Fsp3) is 0.478. The molecule has 0 saturated carbocycles. The van der Waals surface area contributed by atoms with Gasteiger partial charge in [-0.15, -0.1) is 0 Å². The van der Waals surface area contributed by atoms with E-state index >= 15 is 0 Å². The van der Waals surface area contributed by atoms with Gasteiger partial charge in [-0.2, -0.15) is 18.3 Å². The van der Waals surface area contributed by atoms with E-state index in [0.717, 1.165) is 50.8 Å². The summed E-state index contributed by atoms with van der Waals surface area (Å²) in [7, 11) is 1.94. The Morgan fingerprint density at radius 3 is 2.58 bits per heavy atom. The Kier molecular flexibility index (Phi) is 4.92. The normalized spacial score (nSPS) is 19.5. The lowest BCUT2D eigenvalue weighted by Crippen LogP contribution is -2.51. The number of nitrogens with zero attached hydrogens (tertiary/aromatic N) is 5. The SMILES string of the molecule is Cn1cc(CN2CCCC23CCN(c2ccnc4c(C(F)(F)F)cccc24)CC3)cn1. The average molecular weight is 429 g/mol. The molecule has 0 unspecified atom stereocenters. The number of anilines is 1. The molecular weight excluding hydrogens is 403 g/mol. The van der Waals surface area contributed by atoms with Crippen molar-refractivity contribution in [3.8, 4) is 0 Å². The molecule has 5 nitrogen and oxygen atoms in total. The Morgan fingerprint density at radius 1 is 1.06 bits per heavy atom. The summed E-state index contributed by atoms with van der Waals surface area (Å²) in [5.74, 6) is 0. The lowest BCUT2D eigenvalue weighted by atomic mass is 9.84. The van der Waals surface area contributed by atoms with Crippen LogP contribution in [0.3, 0.4) is 0 Å². The second-order valence-electron chi connectivity index (χ2n) is 8.79. The first-order valence-corrected chi connectivity index (χ1v) is 10.8. The molecule has 31 heavy (non-hydrogen) atoms. The molecule has 2 saturated heterocycles. The third-order valence-corrected chi connectivity index (χ3v) is 6.96. The Balaban J connectivity index is 1.37. The summed E-state index contributed by atoms with van der Waals surface area (Å²) in [6, 6.07) is 6.19. The summed E-state index contributed by atoms with van der Waals surface area (Å²) in [5.41, 5.74) is 1.62. The van der Waals surface area contributed by atoms with Crippen LogP contribution in [-0.4, -0.2) is 44.8 Å². The van der Waals surface area contributed by atoms with Crippen molar-refractivity contribution in [1.82, 2.24) is 19.7 Å². The Labute approximate surface area is 179 Å². The molecule has 1 spiro atoms. The molecule has 0 radical (unpaired) electrons. The first kappa shape index (κ1) is 20.3. The number of halogens is 3. The van der Waals surface area contributed by atoms with E-state index in [-0.39, 0.29) is 11.1 Å². The summed E-state index contributed by atoms with van der Waals surface area (Å²) in [5, 5.41) is 4.87. The molecule has 2 fully saturated rings. The second kappa shape index (κ2) is 7.51. The van der Waals surface area contributed by atoms with Gasteiger partial charge >= 0.3 is 6.18 Å². The van der Waals surface area contributed by atoms with Crippen LogP contribution in [-0.2, 0) is 19.8 Å². The minimum Gasteiger partial charge on any atom is -0.371 e. The van der Waals surface area contributed by atoms with Crippen LogP contribution in [0.4, 0.5) is 18.9 Å². The van der Waals surface area contributed by atoms with E-state index in [2.05, 4.69) is 26.1 Å². The molecule has 0 atom stereocenters. The number of aromatic nitrogens is 3. The molecule has 2 aliphatic rings. The van der Waals surface area contributed by atoms with Gasteiger partial charge in [0.25, 0.3) is 0 Å². The fourth-order valence-corrected chi connectivity index (χ4v) is 5.41. The number of hydrogen-bond acceptors (Lipinski definition) is 4. The summed E-state index contributed by atoms with van der Waals surface area (Å²) < 4.78 is 42.2. The van der Waals surface area contributed by atoms with Crippen molar-refractivity contribution in [1.29, 1.82) is 0 Å². The van der Waals surface area contributed by atoms with E-state index in [1.165, 1.54) is 30.7 Å². The van der Waals surface area contributed by atoms with Crippen molar-refractivity contribution in [3.63, 3.8) is 0 Å². The van der Waals surface area contributed by atoms with Crippen molar-refractivity contribution in [3.05, 3.63) is 54.0 Å². The number of hydrogen-bond donors (Lipinski definition) is 0. The van der Waals surface area contributed by atoms with Crippen LogP contribution in [0.5, 0.6) is 0 Å². The van der Waals surface area contributed by atoms with Crippen molar-refractivity contribution >= 4 is 16.6 Å². The van der Waals surface area contributed by atoms with Gasteiger partial charge in [0.05, 0.1) is 17.3 Å². The van der Waals surface area contributed by atoms with Crippen molar-refractivity contribution in [2.75, 3.05) is 24.5 Å². The minimum atomic E-state index is -4.41. The predicted octanol–water partition coefficient (Wildman–Crippen LogP) is 4.62. The van der Waals surface area contributed by atoms with Crippen molar-refractivity contribution in [2.45, 2.75) is 43.9 Å². The van der Waals surface area contributed by atoms with E-state index in [0.29, 0.717) is 5.39 Å². The number of rotatable bonds is 3. The largest absolute Gasteiger partial charge is 0.418 e. The van der Waals surface area contributed by atoms with Crippen LogP contribution in [0, 0.1) is 0 Å². The Bertz CT molecular complexity index is 1080. The third kappa shape index (κ3) is 3.67. The molecule has 0 N–H and O–H groups in total. The maximum Gasteiger partial charge on any atom is 0.418 e. The number of piperidine rings is 1. The molecule has 0 aliphatic carbocycles. The number of para-hydroxylation sites is 1. The number of pyridine rings is 1. The number of alkyl halides is 3. The van der Waals surface area contributed by atoms with Crippen LogP contribution < -0.4 is 4.90 Å². The van der Waals surface area contributed by atoms with Crippen molar-refractivity contribution in [2.24, 2.45) is 7.05 Å². The number of likely N-dealkylation sites (tertiary alicyclic amines) is 1. The van der Waals surface area contributed by atoms with Gasteiger partial charge in [-0.1, -0.05) is 12.1 Å². The van der Waals surface area contributed by atoms with Gasteiger partial charge in [0.15, 0.2) is 0 Å². The lowest BCUT2D eigenvalue weighted by molar-refractivity contribution is -0.136. The molecule has 3 aromatic rings. The highest BCUT2D eigenvalue weighted by Crippen LogP contribution is 2.42. The quantitative estimate of drug-likeness (QED) is 0.609. The maximum atomic E-state index is 13.5. The molecule has 5 rings (SSSR count). The zero-order valence-corrected chi connectivity index (χ0v) is 17.6. The predicted molar refractivity (Wildman–Crippen MR) is 114 cm³/mol. The van der Waals surface area contributed by atoms with E-state index in [9.17, 15) is 13.2 Å². The maximum absolute atomic E-state index is 13.5. The zero-order valence-electron chi connectivity index (χ0n) is 17.6. The second-order valence-corrected chi connectivity index (χ2v) is 8.79. The van der Waals surface area contributed by atoms with Crippen LogP contribution in [0.1, 0.15) is 36.8 Å². The molecular formula is C23H26F3N5. The molecule has 1 aromatic carbocycles. The standard InChI is InChI=1S/C23H26F3N5/c1-29-15-17(14-28-29)16-31-11-3-7-22(31)8-12-30(13-9-22)20-6-10-27-21-18(20)4-2-5-19(21)23(24,25)26/h2,4-6,10,14-15H,3,7-9,11-13,16H2,1H3. The zero-order chi connectivity index (χ0) is 21.6. The number of benzene rings is 1. The van der Waals surface area contributed by atoms with E-state index < -0.39 is 11.7 Å². The van der Waals surface area contributed by atoms with Gasteiger partial charge in [-0.3, -0.25) is 14.6 Å². The van der Waals surface area contributed by atoms with Crippen LogP contribution in [0.25, 0.3) is 10.9 Å². The van der Waals surface area contributed by atoms with Crippen LogP contribution >= 0.6 is 0 Å². The lowest BCUT2D eigenvalue weighted by Gasteiger charge is -2.46. The fourth-order valence-electron chi connectivity index (χ4n) is 5.41. The topological polar surface area (TPSA) is 37.2 Å². The van der Waals surface area contributed by atoms with Gasteiger partial charge < -0.3 is 4.90 Å². The van der Waals surface area contributed by atoms with E-state index in [4.69, 9.17) is 0 Å². The Morgan fingerprint density at radius 2 is 1.87 bits per heavy atom. The van der Waals surface area contributed by atoms with Gasteiger partial charge in [-0.05, 0) is 44.4 Å². The number of aryl methyl sites for hydroxylation is 1. The summed E-state index contributed by atoms with van der Waals surface area (Å²) in [4.78, 5) is 8.90. The highest BCUT2D eigenvalue weighted by Gasteiger charge is 2.43. The van der Waals surface area contributed by atoms with E-state index in [1.54, 1.807) is 6.07 Å². The van der Waals surface area contributed by atoms with Gasteiger partial charge in [-0.25, -0.2) is 0 Å². The first-order valence-electron chi connectivity index (χ1n) is 10.8. The molecule has 4 heterocycles. The highest BCUT2D eigenvalue weighted by molar-refractivity contribution is 5.93. The minimum absolute atomic E-state index is 0.0341. The first-order chi connectivity index (χ1) is 14.9. The van der Waals surface area contributed by atoms with Gasteiger partial charge in [0.1, 0.15) is 0 Å². The van der Waals surface area contributed by atoms with Crippen molar-refractivity contribution < 1.29 is 13.2 Å². The summed E-state index contributed by atoms with van der Waals surface area (Å²) in [6.45, 7) is 3.65. The summed E-state index contributed by atoms with van der Waals surface area (Å²) in [6.07, 6.45) is 5.48. The summed E-state index contributed by atoms with van der Waals surface area (Å²) >= 11 is 0. The Hall–Kier alpha value is -2.61. The number of fused-ring (bicyclic) bond motifs is 1. The van der Waals surface area contributed by atoms with Gasteiger partial charge in [0.2, 0.25) is 0 Å². The monoisotopic (exact) mass is 429 g/mol. The molecule has 8 heteroatoms. The molecule has 164 valence electrons. The average Bonchev–Trinajstić information content (AvgIpc) is 3.33. The molecule has 2 aromatic heterocycles. The van der Waals surface area contributed by atoms with Crippen LogP contribution in [0.15, 0.2) is 42.9 Å². The van der Waals surface area contributed by atoms with E-state index in [1.807, 2.05) is 24.0 Å². The highest BCUT2D eigenvalue weighted by atomic mass is 19.4. The van der Waals surface area contributed by atoms with Gasteiger partial charge in [0, 0.05) is 61.3 Å². The van der Waals surface area contributed by atoms with Crippen LogP contribution in [0.2, 0.25) is 0 Å². The molecule has 2 aliphatic heterocycles. The third-order valence-electron chi connectivity index (χ3n) is 6.96. The molecule has 0 bridgehead atoms. The molecule has 0 amide bonds.